The van der Waals surface area contributed by atoms with Crippen molar-refractivity contribution >= 4 is 23.6 Å². The predicted molar refractivity (Wildman–Crippen MR) is 136 cm³/mol. The van der Waals surface area contributed by atoms with Gasteiger partial charge in [-0.2, -0.15) is 0 Å². The Labute approximate surface area is 206 Å². The minimum Gasteiger partial charge on any atom is -0.478 e. The van der Waals surface area contributed by atoms with Crippen molar-refractivity contribution in [2.45, 2.75) is 76.3 Å². The summed E-state index contributed by atoms with van der Waals surface area (Å²) >= 11 is 0. The van der Waals surface area contributed by atoms with Crippen LogP contribution in [-0.4, -0.2) is 46.5 Å². The van der Waals surface area contributed by atoms with Crippen molar-refractivity contribution in [1.82, 2.24) is 10.2 Å². The number of rotatable bonds is 6. The predicted octanol–water partition coefficient (Wildman–Crippen LogP) is 5.35. The molecule has 1 atom stereocenters. The van der Waals surface area contributed by atoms with Gasteiger partial charge in [-0.1, -0.05) is 38.1 Å². The first-order chi connectivity index (χ1) is 16.8. The molecule has 1 heterocycles. The Morgan fingerprint density at radius 2 is 1.57 bits per heavy atom. The minimum atomic E-state index is -0.915. The van der Waals surface area contributed by atoms with Gasteiger partial charge in [-0.25, -0.2) is 9.59 Å². The maximum absolute atomic E-state index is 13.1. The first-order valence-corrected chi connectivity index (χ1v) is 12.6. The lowest BCUT2D eigenvalue weighted by Gasteiger charge is -2.31. The zero-order valence-electron chi connectivity index (χ0n) is 20.5. The first kappa shape index (κ1) is 24.8. The van der Waals surface area contributed by atoms with Gasteiger partial charge in [0.1, 0.15) is 6.04 Å². The number of carboxylic acid groups (broad SMARTS) is 1. The molecule has 2 aromatic rings. The highest BCUT2D eigenvalue weighted by atomic mass is 16.4. The molecule has 1 saturated carbocycles. The molecule has 0 spiro atoms. The summed E-state index contributed by atoms with van der Waals surface area (Å²) in [4.78, 5) is 38.7. The average Bonchev–Trinajstić information content (AvgIpc) is 3.35. The van der Waals surface area contributed by atoms with Crippen molar-refractivity contribution in [2.24, 2.45) is 0 Å². The van der Waals surface area contributed by atoms with Gasteiger partial charge in [0.2, 0.25) is 5.91 Å². The Morgan fingerprint density at radius 1 is 0.914 bits per heavy atom. The first-order valence-electron chi connectivity index (χ1n) is 12.6. The van der Waals surface area contributed by atoms with Gasteiger partial charge in [0.25, 0.3) is 0 Å². The summed E-state index contributed by atoms with van der Waals surface area (Å²) in [7, 11) is 0. The van der Waals surface area contributed by atoms with Crippen molar-refractivity contribution in [3.8, 4) is 0 Å². The smallest absolute Gasteiger partial charge is 0.335 e. The van der Waals surface area contributed by atoms with Crippen LogP contribution in [0.2, 0.25) is 0 Å². The monoisotopic (exact) mass is 477 g/mol. The fraction of sp³-hybridized carbons (Fsp3) is 0.464. The second kappa shape index (κ2) is 10.9. The molecule has 3 amide bonds. The molecule has 186 valence electrons. The third kappa shape index (κ3) is 6.02. The van der Waals surface area contributed by atoms with Crippen molar-refractivity contribution in [3.05, 3.63) is 65.2 Å². The van der Waals surface area contributed by atoms with Gasteiger partial charge in [0.05, 0.1) is 5.56 Å². The van der Waals surface area contributed by atoms with Crippen LogP contribution in [0.3, 0.4) is 0 Å². The van der Waals surface area contributed by atoms with E-state index in [2.05, 4.69) is 24.5 Å². The van der Waals surface area contributed by atoms with E-state index in [1.807, 2.05) is 36.4 Å². The third-order valence-corrected chi connectivity index (χ3v) is 7.35. The largest absolute Gasteiger partial charge is 0.478 e. The summed E-state index contributed by atoms with van der Waals surface area (Å²) in [5.74, 6) is -0.176. The Hall–Kier alpha value is -3.35. The average molecular weight is 478 g/mol. The number of aromatic carboxylic acids is 1. The number of urea groups is 1. The van der Waals surface area contributed by atoms with Crippen LogP contribution in [0.15, 0.2) is 48.5 Å². The topological polar surface area (TPSA) is 98.7 Å². The Balaban J connectivity index is 1.28. The second-order valence-corrected chi connectivity index (χ2v) is 10.0. The lowest BCUT2D eigenvalue weighted by atomic mass is 9.81. The number of carboxylic acids is 1. The fourth-order valence-corrected chi connectivity index (χ4v) is 5.20. The third-order valence-electron chi connectivity index (χ3n) is 7.35. The highest BCUT2D eigenvalue weighted by molar-refractivity contribution is 5.94. The molecule has 2 aromatic carbocycles. The van der Waals surface area contributed by atoms with Crippen LogP contribution in [0, 0.1) is 0 Å². The van der Waals surface area contributed by atoms with E-state index in [-0.39, 0.29) is 18.0 Å². The molecule has 3 N–H and O–H groups in total. The highest BCUT2D eigenvalue weighted by Crippen LogP contribution is 2.33. The summed E-state index contributed by atoms with van der Waals surface area (Å²) in [6.45, 7) is 4.84. The Morgan fingerprint density at radius 3 is 2.17 bits per heavy atom. The van der Waals surface area contributed by atoms with Gasteiger partial charge in [0.15, 0.2) is 0 Å². The van der Waals surface area contributed by atoms with Crippen molar-refractivity contribution in [2.75, 3.05) is 11.9 Å². The molecule has 2 aliphatic rings. The molecule has 7 nitrogen and oxygen atoms in total. The summed E-state index contributed by atoms with van der Waals surface area (Å²) < 4.78 is 0. The van der Waals surface area contributed by atoms with E-state index in [1.54, 1.807) is 17.0 Å². The fourth-order valence-electron chi connectivity index (χ4n) is 5.20. The van der Waals surface area contributed by atoms with Gasteiger partial charge >= 0.3 is 12.0 Å². The number of hydrogen-bond acceptors (Lipinski definition) is 3. The molecule has 1 aliphatic carbocycles. The molecule has 2 fully saturated rings. The van der Waals surface area contributed by atoms with Gasteiger partial charge in [0, 0.05) is 18.3 Å². The van der Waals surface area contributed by atoms with Crippen LogP contribution < -0.4 is 10.6 Å². The highest BCUT2D eigenvalue weighted by Gasteiger charge is 2.35. The number of amides is 3. The van der Waals surface area contributed by atoms with E-state index < -0.39 is 12.0 Å². The Bertz CT molecular complexity index is 1040. The van der Waals surface area contributed by atoms with Crippen LogP contribution in [-0.2, 0) is 4.79 Å². The molecule has 0 radical (unpaired) electrons. The lowest BCUT2D eigenvalue weighted by Crippen LogP contribution is -2.50. The van der Waals surface area contributed by atoms with Crippen molar-refractivity contribution in [3.63, 3.8) is 0 Å². The van der Waals surface area contributed by atoms with Gasteiger partial charge < -0.3 is 20.6 Å². The van der Waals surface area contributed by atoms with E-state index >= 15 is 0 Å². The molecule has 1 saturated heterocycles. The van der Waals surface area contributed by atoms with Gasteiger partial charge in [-0.05, 0) is 85.8 Å². The van der Waals surface area contributed by atoms with Crippen LogP contribution in [0.4, 0.5) is 10.5 Å². The summed E-state index contributed by atoms with van der Waals surface area (Å²) in [6, 6.07) is 14.4. The van der Waals surface area contributed by atoms with E-state index in [9.17, 15) is 14.4 Å². The number of hydrogen-bond donors (Lipinski definition) is 3. The Kier molecular flexibility index (Phi) is 7.73. The molecule has 0 aromatic heterocycles. The zero-order chi connectivity index (χ0) is 24.9. The minimum absolute atomic E-state index is 0.0675. The molecule has 7 heteroatoms. The SMILES string of the molecule is CC(C)c1ccc(NC(=O)N2CCC[C@@H]2C(=O)NC2CCC(c3ccc(C(=O)O)cc3)CC2)cc1. The van der Waals surface area contributed by atoms with E-state index in [4.69, 9.17) is 5.11 Å². The number of carbonyl (C=O) groups is 3. The van der Waals surface area contributed by atoms with E-state index in [1.165, 1.54) is 5.56 Å². The quantitative estimate of drug-likeness (QED) is 0.522. The van der Waals surface area contributed by atoms with Crippen LogP contribution in [0.25, 0.3) is 0 Å². The molecular formula is C28H35N3O4. The maximum atomic E-state index is 13.1. The number of nitrogens with zero attached hydrogens (tertiary/aromatic N) is 1. The molecule has 4 rings (SSSR count). The summed E-state index contributed by atoms with van der Waals surface area (Å²) in [5, 5.41) is 15.2. The standard InChI is InChI=1S/C28H35N3O4/c1-18(2)19-9-13-24(14-10-19)30-28(35)31-17-3-4-25(31)26(32)29-23-15-11-21(12-16-23)20-5-7-22(8-6-20)27(33)34/h5-10,13-14,18,21,23,25H,3-4,11-12,15-17H2,1-2H3,(H,29,32)(H,30,35)(H,33,34)/t21?,23?,25-/m1/s1. The van der Waals surface area contributed by atoms with Crippen LogP contribution in [0.5, 0.6) is 0 Å². The van der Waals surface area contributed by atoms with Crippen LogP contribution >= 0.6 is 0 Å². The number of nitrogens with one attached hydrogen (secondary N) is 2. The molecule has 0 unspecified atom stereocenters. The van der Waals surface area contributed by atoms with E-state index in [0.29, 0.717) is 30.4 Å². The van der Waals surface area contributed by atoms with Crippen molar-refractivity contribution in [1.29, 1.82) is 0 Å². The lowest BCUT2D eigenvalue weighted by molar-refractivity contribution is -0.125. The normalized spacial score (nSPS) is 22.1. The van der Waals surface area contributed by atoms with E-state index in [0.717, 1.165) is 43.4 Å². The maximum Gasteiger partial charge on any atom is 0.335 e. The molecular weight excluding hydrogens is 442 g/mol. The summed E-state index contributed by atoms with van der Waals surface area (Å²) in [5.41, 5.74) is 3.40. The van der Waals surface area contributed by atoms with Crippen LogP contribution in [0.1, 0.15) is 85.7 Å². The number of benzene rings is 2. The molecule has 0 bridgehead atoms. The molecule has 1 aliphatic heterocycles. The van der Waals surface area contributed by atoms with Gasteiger partial charge in [-0.3, -0.25) is 4.79 Å². The molecule has 35 heavy (non-hydrogen) atoms. The number of carbonyl (C=O) groups excluding carboxylic acids is 2. The zero-order valence-corrected chi connectivity index (χ0v) is 20.5. The van der Waals surface area contributed by atoms with Crippen molar-refractivity contribution < 1.29 is 19.5 Å². The number of likely N-dealkylation sites (tertiary alicyclic amines) is 1. The second-order valence-electron chi connectivity index (χ2n) is 10.0. The summed E-state index contributed by atoms with van der Waals surface area (Å²) in [6.07, 6.45) is 5.13. The van der Waals surface area contributed by atoms with Gasteiger partial charge in [-0.15, -0.1) is 0 Å². The number of anilines is 1.